The highest BCUT2D eigenvalue weighted by Gasteiger charge is 2.44. The van der Waals surface area contributed by atoms with Gasteiger partial charge in [0.05, 0.1) is 13.7 Å². The molecule has 2 aromatic carbocycles. The molecule has 0 spiro atoms. The van der Waals surface area contributed by atoms with E-state index in [0.717, 1.165) is 5.56 Å². The minimum absolute atomic E-state index is 0.251. The van der Waals surface area contributed by atoms with E-state index >= 15 is 0 Å². The second kappa shape index (κ2) is 8.85. The second-order valence-corrected chi connectivity index (χ2v) is 6.59. The van der Waals surface area contributed by atoms with Gasteiger partial charge in [-0.1, -0.05) is 12.1 Å². The van der Waals surface area contributed by atoms with E-state index in [1.54, 1.807) is 19.2 Å². The summed E-state index contributed by atoms with van der Waals surface area (Å²) in [6, 6.07) is 11.2. The molecule has 1 heterocycles. The van der Waals surface area contributed by atoms with E-state index in [1.165, 1.54) is 18.2 Å². The van der Waals surface area contributed by atoms with Gasteiger partial charge in [-0.05, 0) is 35.9 Å². The Labute approximate surface area is 161 Å². The van der Waals surface area contributed by atoms with Gasteiger partial charge < -0.3 is 34.6 Å². The molecule has 0 unspecified atom stereocenters. The molecular weight excluding hydrogens is 371 g/mol. The van der Waals surface area contributed by atoms with Crippen LogP contribution in [0.1, 0.15) is 11.1 Å². The molecule has 1 fully saturated rings. The molecule has 4 N–H and O–H groups in total. The van der Waals surface area contributed by atoms with Crippen molar-refractivity contribution in [2.24, 2.45) is 0 Å². The lowest BCUT2D eigenvalue weighted by Crippen LogP contribution is -2.60. The van der Waals surface area contributed by atoms with Gasteiger partial charge in [0.1, 0.15) is 41.7 Å². The Kier molecular flexibility index (Phi) is 6.48. The summed E-state index contributed by atoms with van der Waals surface area (Å²) in [5.74, 6) is 0.493. The zero-order chi connectivity index (χ0) is 20.3. The Bertz CT molecular complexity index is 781. The summed E-state index contributed by atoms with van der Waals surface area (Å²) in [6.07, 6.45) is -6.66. The number of methoxy groups -OCH3 is 1. The monoisotopic (exact) mass is 394 g/mol. The quantitative estimate of drug-likeness (QED) is 0.568. The van der Waals surface area contributed by atoms with E-state index < -0.39 is 43.1 Å². The zero-order valence-corrected chi connectivity index (χ0v) is 15.2. The van der Waals surface area contributed by atoms with Crippen LogP contribution in [0, 0.1) is 5.82 Å². The van der Waals surface area contributed by atoms with E-state index in [2.05, 4.69) is 0 Å². The van der Waals surface area contributed by atoms with Crippen LogP contribution in [-0.4, -0.2) is 64.8 Å². The highest BCUT2D eigenvalue weighted by molar-refractivity contribution is 5.39. The number of hydrogen-bond donors (Lipinski definition) is 4. The van der Waals surface area contributed by atoms with Gasteiger partial charge in [0.15, 0.2) is 0 Å². The normalized spacial score (nSPS) is 27.4. The first-order valence-electron chi connectivity index (χ1n) is 8.81. The van der Waals surface area contributed by atoms with Crippen LogP contribution in [0.2, 0.25) is 0 Å². The van der Waals surface area contributed by atoms with Crippen LogP contribution in [0.3, 0.4) is 0 Å². The number of ether oxygens (including phenoxy) is 3. The molecule has 152 valence electrons. The summed E-state index contributed by atoms with van der Waals surface area (Å²) < 4.78 is 29.9. The van der Waals surface area contributed by atoms with Crippen molar-refractivity contribution in [2.45, 2.75) is 37.1 Å². The first-order valence-corrected chi connectivity index (χ1v) is 8.81. The van der Waals surface area contributed by atoms with Gasteiger partial charge in [-0.2, -0.15) is 0 Å². The van der Waals surface area contributed by atoms with E-state index in [0.29, 0.717) is 17.7 Å². The maximum Gasteiger partial charge on any atom is 0.229 e. The third-order valence-electron chi connectivity index (χ3n) is 4.67. The standard InChI is InChI=1S/C20H23FO7/c1-26-14-5-2-11(3-6-14)8-12-9-13(21)4-7-15(12)27-20-19(25)18(24)17(23)16(10-22)28-20/h2-7,9,16-20,22-25H,8,10H2,1H3/t16-,17-,18+,19-,20-/m1/s1. The maximum atomic E-state index is 13.8. The van der Waals surface area contributed by atoms with Crippen LogP contribution < -0.4 is 9.47 Å². The van der Waals surface area contributed by atoms with E-state index in [4.69, 9.17) is 14.2 Å². The average molecular weight is 394 g/mol. The Morgan fingerprint density at radius 2 is 1.71 bits per heavy atom. The van der Waals surface area contributed by atoms with Crippen LogP contribution in [0.25, 0.3) is 0 Å². The van der Waals surface area contributed by atoms with Crippen molar-refractivity contribution in [3.63, 3.8) is 0 Å². The van der Waals surface area contributed by atoms with E-state index in [9.17, 15) is 24.8 Å². The topological polar surface area (TPSA) is 109 Å². The number of rotatable bonds is 6. The van der Waals surface area contributed by atoms with Crippen LogP contribution in [0.15, 0.2) is 42.5 Å². The van der Waals surface area contributed by atoms with Crippen molar-refractivity contribution in [3.8, 4) is 11.5 Å². The minimum Gasteiger partial charge on any atom is -0.497 e. The molecule has 8 heteroatoms. The molecule has 1 saturated heterocycles. The highest BCUT2D eigenvalue weighted by Crippen LogP contribution is 2.29. The summed E-state index contributed by atoms with van der Waals surface area (Å²) in [4.78, 5) is 0. The van der Waals surface area contributed by atoms with Gasteiger partial charge in [0, 0.05) is 12.0 Å². The molecule has 0 saturated carbocycles. The Hall–Kier alpha value is -2.23. The molecule has 0 radical (unpaired) electrons. The minimum atomic E-state index is -1.55. The fourth-order valence-electron chi connectivity index (χ4n) is 3.05. The number of benzene rings is 2. The lowest BCUT2D eigenvalue weighted by atomic mass is 9.99. The van der Waals surface area contributed by atoms with Crippen LogP contribution in [0.4, 0.5) is 4.39 Å². The molecular formula is C20H23FO7. The number of halogens is 1. The van der Waals surface area contributed by atoms with Crippen molar-refractivity contribution in [1.29, 1.82) is 0 Å². The van der Waals surface area contributed by atoms with Gasteiger partial charge in [-0.3, -0.25) is 0 Å². The Balaban J connectivity index is 1.81. The first-order chi connectivity index (χ1) is 13.4. The van der Waals surface area contributed by atoms with Gasteiger partial charge in [-0.15, -0.1) is 0 Å². The molecule has 1 aliphatic rings. The fourth-order valence-corrected chi connectivity index (χ4v) is 3.05. The number of hydrogen-bond acceptors (Lipinski definition) is 7. The summed E-state index contributed by atoms with van der Waals surface area (Å²) in [5, 5.41) is 39.2. The van der Waals surface area contributed by atoms with Crippen molar-refractivity contribution >= 4 is 0 Å². The van der Waals surface area contributed by atoms with Gasteiger partial charge in [-0.25, -0.2) is 4.39 Å². The lowest BCUT2D eigenvalue weighted by Gasteiger charge is -2.39. The largest absolute Gasteiger partial charge is 0.497 e. The summed E-state index contributed by atoms with van der Waals surface area (Å²) in [6.45, 7) is -0.563. The molecule has 1 aliphatic heterocycles. The van der Waals surface area contributed by atoms with Crippen molar-refractivity contribution in [1.82, 2.24) is 0 Å². The lowest BCUT2D eigenvalue weighted by molar-refractivity contribution is -0.277. The van der Waals surface area contributed by atoms with Crippen molar-refractivity contribution in [2.75, 3.05) is 13.7 Å². The molecule has 2 aromatic rings. The second-order valence-electron chi connectivity index (χ2n) is 6.59. The average Bonchev–Trinajstić information content (AvgIpc) is 2.70. The smallest absolute Gasteiger partial charge is 0.229 e. The van der Waals surface area contributed by atoms with E-state index in [1.807, 2.05) is 12.1 Å². The number of aliphatic hydroxyl groups is 4. The molecule has 3 rings (SSSR count). The molecule has 0 bridgehead atoms. The predicted octanol–water partition coefficient (Wildman–Crippen LogP) is 0.604. The Morgan fingerprint density at radius 3 is 2.36 bits per heavy atom. The van der Waals surface area contributed by atoms with Crippen LogP contribution in [-0.2, 0) is 11.2 Å². The molecule has 5 atom stereocenters. The Morgan fingerprint density at radius 1 is 1.00 bits per heavy atom. The maximum absolute atomic E-state index is 13.8. The van der Waals surface area contributed by atoms with Gasteiger partial charge in [0.2, 0.25) is 6.29 Å². The SMILES string of the molecule is COc1ccc(Cc2cc(F)ccc2O[C@@H]2O[C@H](CO)[C@@H](O)[C@H](O)[C@H]2O)cc1. The van der Waals surface area contributed by atoms with Crippen LogP contribution in [0.5, 0.6) is 11.5 Å². The van der Waals surface area contributed by atoms with Gasteiger partial charge >= 0.3 is 0 Å². The first kappa shape index (κ1) is 20.5. The summed E-state index contributed by atoms with van der Waals surface area (Å²) in [7, 11) is 1.56. The van der Waals surface area contributed by atoms with Gasteiger partial charge in [0.25, 0.3) is 0 Å². The van der Waals surface area contributed by atoms with Crippen LogP contribution >= 0.6 is 0 Å². The molecule has 0 aliphatic carbocycles. The molecule has 0 aromatic heterocycles. The van der Waals surface area contributed by atoms with Crippen molar-refractivity contribution < 1.29 is 39.0 Å². The third-order valence-corrected chi connectivity index (χ3v) is 4.67. The number of aliphatic hydroxyl groups excluding tert-OH is 4. The summed E-state index contributed by atoms with van der Waals surface area (Å²) in [5.41, 5.74) is 1.38. The third kappa shape index (κ3) is 4.43. The molecule has 7 nitrogen and oxygen atoms in total. The zero-order valence-electron chi connectivity index (χ0n) is 15.2. The highest BCUT2D eigenvalue weighted by atomic mass is 19.1. The molecule has 28 heavy (non-hydrogen) atoms. The predicted molar refractivity (Wildman–Crippen MR) is 96.6 cm³/mol. The van der Waals surface area contributed by atoms with E-state index in [-0.39, 0.29) is 5.75 Å². The fraction of sp³-hybridized carbons (Fsp3) is 0.400. The van der Waals surface area contributed by atoms with Crippen molar-refractivity contribution in [3.05, 3.63) is 59.4 Å². The molecule has 0 amide bonds. The summed E-state index contributed by atoms with van der Waals surface area (Å²) >= 11 is 0.